The summed E-state index contributed by atoms with van der Waals surface area (Å²) < 4.78 is 9.46. The van der Waals surface area contributed by atoms with Crippen LogP contribution in [0.5, 0.6) is 0 Å². The molecular weight excluding hydrogens is 292 g/mol. The van der Waals surface area contributed by atoms with Crippen LogP contribution in [0.4, 0.5) is 0 Å². The second-order valence-electron chi connectivity index (χ2n) is 5.27. The third kappa shape index (κ3) is 3.06. The zero-order valence-electron chi connectivity index (χ0n) is 11.9. The van der Waals surface area contributed by atoms with Crippen LogP contribution in [0.2, 0.25) is 0 Å². The highest BCUT2D eigenvalue weighted by atomic mass is 32.1. The van der Waals surface area contributed by atoms with E-state index in [-0.39, 0.29) is 17.9 Å². The Bertz CT molecular complexity index is 533. The molecule has 1 aromatic heterocycles. The molecule has 2 saturated heterocycles. The normalized spacial score (nSPS) is 22.6. The van der Waals surface area contributed by atoms with E-state index >= 15 is 0 Å². The predicted molar refractivity (Wildman–Crippen MR) is 76.1 cm³/mol. The van der Waals surface area contributed by atoms with Crippen LogP contribution in [0.25, 0.3) is 0 Å². The fraction of sp³-hybridized carbons (Fsp3) is 0.692. The van der Waals surface area contributed by atoms with Crippen molar-refractivity contribution in [3.8, 4) is 0 Å². The summed E-state index contributed by atoms with van der Waals surface area (Å²) in [5, 5.41) is 0.423. The van der Waals surface area contributed by atoms with Gasteiger partial charge in [-0.15, -0.1) is 0 Å². The Kier molecular flexibility index (Phi) is 4.16. The molecule has 114 valence electrons. The molecule has 0 radical (unpaired) electrons. The van der Waals surface area contributed by atoms with Gasteiger partial charge in [0.25, 0.3) is 11.8 Å². The minimum absolute atomic E-state index is 0.0614. The number of carbonyl (C=O) groups is 2. The van der Waals surface area contributed by atoms with Gasteiger partial charge in [-0.25, -0.2) is 4.98 Å². The smallest absolute Gasteiger partial charge is 0.284 e. The third-order valence-corrected chi connectivity index (χ3v) is 4.59. The fourth-order valence-corrected chi connectivity index (χ4v) is 3.26. The van der Waals surface area contributed by atoms with Gasteiger partial charge < -0.3 is 14.5 Å². The molecule has 1 atom stereocenters. The molecule has 2 amide bonds. The van der Waals surface area contributed by atoms with Crippen molar-refractivity contribution in [1.82, 2.24) is 19.2 Å². The lowest BCUT2D eigenvalue weighted by atomic mass is 10.2. The van der Waals surface area contributed by atoms with Crippen LogP contribution >= 0.6 is 11.5 Å². The van der Waals surface area contributed by atoms with E-state index < -0.39 is 0 Å². The first-order valence-corrected chi connectivity index (χ1v) is 7.92. The maximum Gasteiger partial charge on any atom is 0.284 e. The molecule has 8 heteroatoms. The Hall–Kier alpha value is -1.54. The van der Waals surface area contributed by atoms with Gasteiger partial charge in [-0.1, -0.05) is 0 Å². The van der Waals surface area contributed by atoms with Gasteiger partial charge in [-0.3, -0.25) is 9.59 Å². The van der Waals surface area contributed by atoms with Crippen molar-refractivity contribution >= 4 is 23.3 Å². The standard InChI is InChI=1S/C13H18N4O3S/c1-9-14-11(21-15-9)13(19)17-6-4-16(5-7-17)12(18)10-3-2-8-20-10/h10H,2-8H2,1H3/t10-/m1/s1. The molecule has 2 aliphatic heterocycles. The first-order chi connectivity index (χ1) is 10.1. The molecule has 3 rings (SSSR count). The second-order valence-corrected chi connectivity index (χ2v) is 6.02. The van der Waals surface area contributed by atoms with E-state index in [1.54, 1.807) is 16.7 Å². The van der Waals surface area contributed by atoms with Gasteiger partial charge in [-0.2, -0.15) is 4.37 Å². The van der Waals surface area contributed by atoms with Crippen molar-refractivity contribution in [2.24, 2.45) is 0 Å². The number of piperazine rings is 1. The summed E-state index contributed by atoms with van der Waals surface area (Å²) in [7, 11) is 0. The highest BCUT2D eigenvalue weighted by molar-refractivity contribution is 7.07. The van der Waals surface area contributed by atoms with Crippen LogP contribution in [0.1, 0.15) is 28.5 Å². The Morgan fingerprint density at radius 1 is 1.24 bits per heavy atom. The van der Waals surface area contributed by atoms with Crippen LogP contribution in [0, 0.1) is 6.92 Å². The summed E-state index contributed by atoms with van der Waals surface area (Å²) in [4.78, 5) is 32.1. The van der Waals surface area contributed by atoms with Gasteiger partial charge in [0.2, 0.25) is 5.01 Å². The number of hydrogen-bond donors (Lipinski definition) is 0. The number of amides is 2. The van der Waals surface area contributed by atoms with Crippen molar-refractivity contribution < 1.29 is 14.3 Å². The van der Waals surface area contributed by atoms with E-state index in [4.69, 9.17) is 4.74 Å². The Morgan fingerprint density at radius 2 is 1.95 bits per heavy atom. The number of rotatable bonds is 2. The average molecular weight is 310 g/mol. The molecule has 0 unspecified atom stereocenters. The van der Waals surface area contributed by atoms with Gasteiger partial charge in [0.1, 0.15) is 11.9 Å². The molecule has 0 saturated carbocycles. The molecule has 21 heavy (non-hydrogen) atoms. The quantitative estimate of drug-likeness (QED) is 0.786. The minimum Gasteiger partial charge on any atom is -0.368 e. The van der Waals surface area contributed by atoms with Crippen LogP contribution in [-0.2, 0) is 9.53 Å². The average Bonchev–Trinajstić information content (AvgIpc) is 3.17. The van der Waals surface area contributed by atoms with E-state index in [9.17, 15) is 9.59 Å². The van der Waals surface area contributed by atoms with E-state index in [2.05, 4.69) is 9.36 Å². The minimum atomic E-state index is -0.280. The van der Waals surface area contributed by atoms with Crippen molar-refractivity contribution in [1.29, 1.82) is 0 Å². The van der Waals surface area contributed by atoms with Crippen molar-refractivity contribution in [3.05, 3.63) is 10.8 Å². The molecular formula is C13H18N4O3S. The van der Waals surface area contributed by atoms with Crippen molar-refractivity contribution in [2.75, 3.05) is 32.8 Å². The molecule has 3 heterocycles. The van der Waals surface area contributed by atoms with Crippen LogP contribution in [0.15, 0.2) is 0 Å². The lowest BCUT2D eigenvalue weighted by Gasteiger charge is -2.35. The number of aromatic nitrogens is 2. The number of nitrogens with zero attached hydrogens (tertiary/aromatic N) is 4. The van der Waals surface area contributed by atoms with Gasteiger partial charge in [0.15, 0.2) is 0 Å². The third-order valence-electron chi connectivity index (χ3n) is 3.79. The Balaban J connectivity index is 1.55. The summed E-state index contributed by atoms with van der Waals surface area (Å²) in [6.07, 6.45) is 1.48. The first kappa shape index (κ1) is 14.4. The number of aryl methyl sites for hydroxylation is 1. The molecule has 1 aromatic rings. The molecule has 0 bridgehead atoms. The van der Waals surface area contributed by atoms with Crippen LogP contribution in [0.3, 0.4) is 0 Å². The highest BCUT2D eigenvalue weighted by Gasteiger charge is 2.32. The summed E-state index contributed by atoms with van der Waals surface area (Å²) in [5.41, 5.74) is 0. The van der Waals surface area contributed by atoms with Gasteiger partial charge in [0, 0.05) is 32.8 Å². The van der Waals surface area contributed by atoms with Crippen molar-refractivity contribution in [3.63, 3.8) is 0 Å². The number of ether oxygens (including phenoxy) is 1. The topological polar surface area (TPSA) is 75.6 Å². The largest absolute Gasteiger partial charge is 0.368 e. The Labute approximate surface area is 127 Å². The van der Waals surface area contributed by atoms with Crippen LogP contribution in [-0.4, -0.2) is 69.9 Å². The van der Waals surface area contributed by atoms with Crippen LogP contribution < -0.4 is 0 Å². The van der Waals surface area contributed by atoms with E-state index in [0.717, 1.165) is 24.4 Å². The highest BCUT2D eigenvalue weighted by Crippen LogP contribution is 2.17. The second kappa shape index (κ2) is 6.07. The summed E-state index contributed by atoms with van der Waals surface area (Å²) >= 11 is 1.13. The van der Waals surface area contributed by atoms with E-state index in [1.165, 1.54) is 0 Å². The van der Waals surface area contributed by atoms with Gasteiger partial charge in [0.05, 0.1) is 0 Å². The summed E-state index contributed by atoms with van der Waals surface area (Å²) in [6.45, 7) is 4.63. The summed E-state index contributed by atoms with van der Waals surface area (Å²) in [5.74, 6) is 0.590. The SMILES string of the molecule is Cc1nsc(C(=O)N2CCN(C(=O)[C@H]3CCCO3)CC2)n1. The molecule has 0 aromatic carbocycles. The molecule has 0 spiro atoms. The van der Waals surface area contributed by atoms with Crippen molar-refractivity contribution in [2.45, 2.75) is 25.9 Å². The summed E-state index contributed by atoms with van der Waals surface area (Å²) in [6, 6.07) is 0. The molecule has 2 aliphatic rings. The van der Waals surface area contributed by atoms with E-state index in [1.807, 2.05) is 0 Å². The zero-order chi connectivity index (χ0) is 14.8. The van der Waals surface area contributed by atoms with Gasteiger partial charge >= 0.3 is 0 Å². The molecule has 0 N–H and O–H groups in total. The van der Waals surface area contributed by atoms with E-state index in [0.29, 0.717) is 43.6 Å². The molecule has 0 aliphatic carbocycles. The monoisotopic (exact) mass is 310 g/mol. The maximum absolute atomic E-state index is 12.3. The molecule has 7 nitrogen and oxygen atoms in total. The predicted octanol–water partition coefficient (Wildman–Crippen LogP) is 0.310. The lowest BCUT2D eigenvalue weighted by Crippen LogP contribution is -2.52. The number of carbonyl (C=O) groups excluding carboxylic acids is 2. The molecule has 2 fully saturated rings. The zero-order valence-corrected chi connectivity index (χ0v) is 12.8. The lowest BCUT2D eigenvalue weighted by molar-refractivity contribution is -0.142. The number of hydrogen-bond acceptors (Lipinski definition) is 6. The van der Waals surface area contributed by atoms with Gasteiger partial charge in [-0.05, 0) is 31.3 Å². The first-order valence-electron chi connectivity index (χ1n) is 7.15. The Morgan fingerprint density at radius 3 is 2.52 bits per heavy atom. The maximum atomic E-state index is 12.3. The fourth-order valence-electron chi connectivity index (χ4n) is 2.63.